The minimum Gasteiger partial charge on any atom is -0.386 e. The monoisotopic (exact) mass is 296 g/mol. The summed E-state index contributed by atoms with van der Waals surface area (Å²) >= 11 is 0. The highest BCUT2D eigenvalue weighted by Crippen LogP contribution is 2.38. The van der Waals surface area contributed by atoms with Gasteiger partial charge < -0.3 is 9.47 Å². The third kappa shape index (κ3) is 1.38. The van der Waals surface area contributed by atoms with Crippen molar-refractivity contribution in [2.45, 2.75) is 13.3 Å². The van der Waals surface area contributed by atoms with Gasteiger partial charge in [-0.15, -0.1) is 0 Å². The Balaban J connectivity index is 2.31. The van der Waals surface area contributed by atoms with Crippen molar-refractivity contribution in [3.63, 3.8) is 0 Å². The number of benzene rings is 2. The maximum Gasteiger partial charge on any atom is 0.346 e. The Morgan fingerprint density at radius 2 is 1.32 bits per heavy atom. The molecule has 22 heavy (non-hydrogen) atoms. The molecule has 6 nitrogen and oxygen atoms in total. The lowest BCUT2D eigenvalue weighted by Crippen LogP contribution is -2.26. The third-order valence-corrected chi connectivity index (χ3v) is 3.98. The molecule has 0 fully saturated rings. The Morgan fingerprint density at radius 1 is 0.773 bits per heavy atom. The lowest BCUT2D eigenvalue weighted by atomic mass is 9.86. The average molecular weight is 296 g/mol. The molecule has 0 amide bonds. The maximum absolute atomic E-state index is 12.1. The second-order valence-corrected chi connectivity index (χ2v) is 5.08. The van der Waals surface area contributed by atoms with Crippen molar-refractivity contribution >= 4 is 34.6 Å². The van der Waals surface area contributed by atoms with E-state index >= 15 is 0 Å². The molecule has 0 aliphatic carbocycles. The number of ether oxygens (including phenoxy) is 2. The summed E-state index contributed by atoms with van der Waals surface area (Å²) in [5.74, 6) is -3.10. The molecule has 4 rings (SSSR count). The highest BCUT2D eigenvalue weighted by Gasteiger charge is 2.36. The van der Waals surface area contributed by atoms with Crippen molar-refractivity contribution in [2.24, 2.45) is 0 Å². The predicted molar refractivity (Wildman–Crippen MR) is 72.8 cm³/mol. The van der Waals surface area contributed by atoms with Crippen molar-refractivity contribution in [1.82, 2.24) is 0 Å². The largest absolute Gasteiger partial charge is 0.386 e. The van der Waals surface area contributed by atoms with E-state index in [1.54, 1.807) is 0 Å². The number of cyclic esters (lactones) is 4. The second kappa shape index (κ2) is 4.00. The molecule has 6 heteroatoms. The van der Waals surface area contributed by atoms with Gasteiger partial charge in [-0.05, 0) is 30.2 Å². The van der Waals surface area contributed by atoms with Crippen LogP contribution in [0.1, 0.15) is 53.9 Å². The average Bonchev–Trinajstić information content (AvgIpc) is 2.49. The second-order valence-electron chi connectivity index (χ2n) is 5.08. The quantitative estimate of drug-likeness (QED) is 0.591. The summed E-state index contributed by atoms with van der Waals surface area (Å²) in [6, 6.07) is 4.34. The summed E-state index contributed by atoms with van der Waals surface area (Å²) in [5, 5.41) is 0.592. The van der Waals surface area contributed by atoms with Gasteiger partial charge in [-0.2, -0.15) is 0 Å². The zero-order valence-corrected chi connectivity index (χ0v) is 11.4. The van der Waals surface area contributed by atoms with Gasteiger partial charge in [0.2, 0.25) is 0 Å². The molecule has 0 bridgehead atoms. The van der Waals surface area contributed by atoms with E-state index in [1.807, 2.05) is 6.92 Å². The van der Waals surface area contributed by atoms with Crippen LogP contribution in [0.25, 0.3) is 10.8 Å². The van der Waals surface area contributed by atoms with Crippen LogP contribution in [0.4, 0.5) is 0 Å². The van der Waals surface area contributed by atoms with Crippen LogP contribution in [0.15, 0.2) is 18.2 Å². The van der Waals surface area contributed by atoms with Gasteiger partial charge in [-0.25, -0.2) is 19.2 Å². The number of carbonyl (C=O) groups excluding carboxylic acids is 4. The predicted octanol–water partition coefficient (Wildman–Crippen LogP) is 2.02. The van der Waals surface area contributed by atoms with Crippen LogP contribution in [0, 0.1) is 0 Å². The minimum absolute atomic E-state index is 0.166. The molecule has 0 aromatic heterocycles. The molecule has 2 aromatic rings. The third-order valence-electron chi connectivity index (χ3n) is 3.98. The summed E-state index contributed by atoms with van der Waals surface area (Å²) in [7, 11) is 0. The molecular formula is C16H8O6. The zero-order valence-electron chi connectivity index (χ0n) is 11.4. The van der Waals surface area contributed by atoms with Gasteiger partial charge in [-0.1, -0.05) is 6.92 Å². The molecule has 0 spiro atoms. The first-order valence-corrected chi connectivity index (χ1v) is 6.68. The lowest BCUT2D eigenvalue weighted by molar-refractivity contribution is 0.0365. The van der Waals surface area contributed by atoms with E-state index in [0.29, 0.717) is 17.4 Å². The summed E-state index contributed by atoms with van der Waals surface area (Å²) in [5.41, 5.74) is 1.34. The summed E-state index contributed by atoms with van der Waals surface area (Å²) in [6.07, 6.45) is 0.465. The number of hydrogen-bond donors (Lipinski definition) is 0. The van der Waals surface area contributed by atoms with E-state index in [0.717, 1.165) is 0 Å². The zero-order chi connectivity index (χ0) is 15.6. The fourth-order valence-electron chi connectivity index (χ4n) is 3.02. The Labute approximate surface area is 123 Å². The number of aryl methyl sites for hydroxylation is 1. The molecule has 0 N–H and O–H groups in total. The highest BCUT2D eigenvalue weighted by atomic mass is 16.6. The maximum atomic E-state index is 12.1. The molecule has 108 valence electrons. The minimum atomic E-state index is -0.786. The number of hydrogen-bond acceptors (Lipinski definition) is 6. The molecule has 2 heterocycles. The summed E-state index contributed by atoms with van der Waals surface area (Å²) in [6.45, 7) is 1.82. The normalized spacial score (nSPS) is 15.9. The summed E-state index contributed by atoms with van der Waals surface area (Å²) in [4.78, 5) is 47.9. The van der Waals surface area contributed by atoms with E-state index in [-0.39, 0.29) is 27.6 Å². The van der Waals surface area contributed by atoms with Crippen molar-refractivity contribution < 1.29 is 28.7 Å². The van der Waals surface area contributed by atoms with Crippen molar-refractivity contribution in [2.75, 3.05) is 0 Å². The SMILES string of the molecule is CCc1cc2c3c(ccc4c3c1C(=O)OC4=O)C(=O)OC2=O. The highest BCUT2D eigenvalue weighted by molar-refractivity contribution is 6.29. The van der Waals surface area contributed by atoms with Crippen molar-refractivity contribution in [3.05, 3.63) is 46.0 Å². The van der Waals surface area contributed by atoms with Gasteiger partial charge in [0.05, 0.1) is 22.3 Å². The van der Waals surface area contributed by atoms with E-state index in [2.05, 4.69) is 0 Å². The Kier molecular flexibility index (Phi) is 2.31. The van der Waals surface area contributed by atoms with Gasteiger partial charge in [0, 0.05) is 10.8 Å². The smallest absolute Gasteiger partial charge is 0.346 e. The molecule has 0 saturated carbocycles. The Morgan fingerprint density at radius 3 is 1.95 bits per heavy atom. The van der Waals surface area contributed by atoms with Crippen LogP contribution in [0.5, 0.6) is 0 Å². The van der Waals surface area contributed by atoms with Crippen LogP contribution >= 0.6 is 0 Å². The molecule has 0 unspecified atom stereocenters. The van der Waals surface area contributed by atoms with Gasteiger partial charge in [0.25, 0.3) is 0 Å². The van der Waals surface area contributed by atoms with E-state index < -0.39 is 23.9 Å². The van der Waals surface area contributed by atoms with Crippen molar-refractivity contribution in [3.8, 4) is 0 Å². The van der Waals surface area contributed by atoms with E-state index in [4.69, 9.17) is 9.47 Å². The first-order chi connectivity index (χ1) is 10.5. The Bertz CT molecular complexity index is 938. The van der Waals surface area contributed by atoms with Crippen molar-refractivity contribution in [1.29, 1.82) is 0 Å². The fourth-order valence-corrected chi connectivity index (χ4v) is 3.02. The number of esters is 4. The first kappa shape index (κ1) is 12.7. The van der Waals surface area contributed by atoms with Crippen LogP contribution < -0.4 is 0 Å². The number of carbonyl (C=O) groups is 4. The Hall–Kier alpha value is -3.02. The molecule has 2 aromatic carbocycles. The van der Waals surface area contributed by atoms with Crippen LogP contribution in [0.3, 0.4) is 0 Å². The van der Waals surface area contributed by atoms with Gasteiger partial charge in [0.15, 0.2) is 0 Å². The molecule has 0 atom stereocenters. The molecular weight excluding hydrogens is 288 g/mol. The number of rotatable bonds is 1. The molecule has 0 saturated heterocycles. The van der Waals surface area contributed by atoms with E-state index in [1.165, 1.54) is 18.2 Å². The van der Waals surface area contributed by atoms with E-state index in [9.17, 15) is 19.2 Å². The van der Waals surface area contributed by atoms with Gasteiger partial charge in [0.1, 0.15) is 0 Å². The van der Waals surface area contributed by atoms with Crippen LogP contribution in [-0.4, -0.2) is 23.9 Å². The molecule has 2 aliphatic rings. The topological polar surface area (TPSA) is 86.7 Å². The van der Waals surface area contributed by atoms with Crippen LogP contribution in [0.2, 0.25) is 0 Å². The summed E-state index contributed by atoms with van der Waals surface area (Å²) < 4.78 is 9.46. The standard InChI is InChI=1S/C16H8O6/c1-2-6-5-9-11-7(13(17)21-15(9)19)3-4-8-12(11)10(6)16(20)22-14(8)18/h3-5H,2H2,1H3. The van der Waals surface area contributed by atoms with Gasteiger partial charge >= 0.3 is 23.9 Å². The fraction of sp³-hybridized carbons (Fsp3) is 0.125. The van der Waals surface area contributed by atoms with Gasteiger partial charge in [-0.3, -0.25) is 0 Å². The van der Waals surface area contributed by atoms with Crippen LogP contribution in [-0.2, 0) is 15.9 Å². The molecule has 2 aliphatic heterocycles. The lowest BCUT2D eigenvalue weighted by Gasteiger charge is -2.23. The molecule has 0 radical (unpaired) electrons. The first-order valence-electron chi connectivity index (χ1n) is 6.68.